The van der Waals surface area contributed by atoms with E-state index in [0.29, 0.717) is 15.6 Å². The molecule has 6 heteroatoms. The molecule has 0 atom stereocenters. The van der Waals surface area contributed by atoms with Crippen molar-refractivity contribution in [3.05, 3.63) is 76.0 Å². The van der Waals surface area contributed by atoms with Gasteiger partial charge in [-0.3, -0.25) is 10.2 Å². The summed E-state index contributed by atoms with van der Waals surface area (Å²) >= 11 is 11.8. The Balaban J connectivity index is 1.91. The van der Waals surface area contributed by atoms with Gasteiger partial charge in [-0.15, -0.1) is 0 Å². The predicted octanol–water partition coefficient (Wildman–Crippen LogP) is 4.16. The zero-order valence-corrected chi connectivity index (χ0v) is 14.5. The molecular weight excluding hydrogens is 345 g/mol. The number of hydrogen-bond donors (Lipinski definition) is 1. The molecule has 1 heterocycles. The fraction of sp³-hybridized carbons (Fsp3) is 0.111. The number of nitrogens with one attached hydrogen (secondary N) is 1. The van der Waals surface area contributed by atoms with Crippen molar-refractivity contribution in [3.63, 3.8) is 0 Å². The summed E-state index contributed by atoms with van der Waals surface area (Å²) in [4.78, 5) is 12.4. The summed E-state index contributed by atoms with van der Waals surface area (Å²) in [6, 6.07) is 14.1. The fourth-order valence-corrected chi connectivity index (χ4v) is 2.75. The summed E-state index contributed by atoms with van der Waals surface area (Å²) in [6.07, 6.45) is 1.80. The fourth-order valence-electron chi connectivity index (χ4n) is 2.49. The number of aromatic nitrogens is 2. The van der Waals surface area contributed by atoms with Gasteiger partial charge in [0.2, 0.25) is 5.62 Å². The Morgan fingerprint density at radius 3 is 2.12 bits per heavy atom. The highest BCUT2D eigenvalue weighted by atomic mass is 35.5. The lowest BCUT2D eigenvalue weighted by Gasteiger charge is -2.02. The average Bonchev–Trinajstić information content (AvgIpc) is 2.85. The van der Waals surface area contributed by atoms with Crippen LogP contribution < -0.4 is 5.62 Å². The third kappa shape index (κ3) is 3.30. The van der Waals surface area contributed by atoms with Gasteiger partial charge in [-0.1, -0.05) is 35.3 Å². The maximum Gasteiger partial charge on any atom is 0.202 e. The molecule has 0 amide bonds. The van der Waals surface area contributed by atoms with Gasteiger partial charge < -0.3 is 9.13 Å². The second-order valence-corrected chi connectivity index (χ2v) is 6.33. The van der Waals surface area contributed by atoms with E-state index in [4.69, 9.17) is 28.6 Å². The normalized spacial score (nSPS) is 10.8. The highest BCUT2D eigenvalue weighted by molar-refractivity contribution is 6.30. The highest BCUT2D eigenvalue weighted by Crippen LogP contribution is 2.20. The van der Waals surface area contributed by atoms with Crippen molar-refractivity contribution in [2.45, 2.75) is 6.54 Å². The van der Waals surface area contributed by atoms with E-state index in [-0.39, 0.29) is 17.9 Å². The summed E-state index contributed by atoms with van der Waals surface area (Å²) in [6.45, 7) is 0.0991. The summed E-state index contributed by atoms with van der Waals surface area (Å²) in [5, 5.41) is 9.47. The Labute approximate surface area is 149 Å². The molecule has 122 valence electrons. The van der Waals surface area contributed by atoms with E-state index in [1.807, 2.05) is 12.1 Å². The van der Waals surface area contributed by atoms with E-state index in [1.54, 1.807) is 58.8 Å². The number of benzene rings is 2. The van der Waals surface area contributed by atoms with Crippen LogP contribution in [0.2, 0.25) is 10.0 Å². The molecule has 2 aromatic carbocycles. The maximum atomic E-state index is 12.4. The smallest absolute Gasteiger partial charge is 0.202 e. The van der Waals surface area contributed by atoms with Crippen LogP contribution in [0.5, 0.6) is 0 Å². The van der Waals surface area contributed by atoms with E-state index in [1.165, 1.54) is 0 Å². The third-order valence-corrected chi connectivity index (χ3v) is 4.35. The highest BCUT2D eigenvalue weighted by Gasteiger charge is 2.12. The third-order valence-electron chi connectivity index (χ3n) is 3.85. The number of carbonyl (C=O) groups excluding carboxylic acids is 1. The van der Waals surface area contributed by atoms with E-state index in [2.05, 4.69) is 0 Å². The standard InChI is InChI=1S/C18H15Cl2N3O/c1-22-16(12-2-6-14(19)7-3-12)10-23(18(22)21)11-17(24)13-4-8-15(20)9-5-13/h2-10,21H,11H2,1H3. The second-order valence-electron chi connectivity index (χ2n) is 5.46. The number of halogens is 2. The Morgan fingerprint density at radius 2 is 1.54 bits per heavy atom. The molecule has 3 aromatic rings. The molecule has 0 aliphatic heterocycles. The molecular formula is C18H15Cl2N3O. The summed E-state index contributed by atoms with van der Waals surface area (Å²) in [7, 11) is 1.80. The molecule has 0 fully saturated rings. The molecule has 1 aromatic heterocycles. The molecule has 0 bridgehead atoms. The van der Waals surface area contributed by atoms with Gasteiger partial charge in [0.05, 0.1) is 12.2 Å². The monoisotopic (exact) mass is 359 g/mol. The Bertz CT molecular complexity index is 938. The molecule has 0 aliphatic carbocycles. The topological polar surface area (TPSA) is 50.8 Å². The molecule has 0 radical (unpaired) electrons. The molecule has 3 rings (SSSR count). The SMILES string of the molecule is Cn1c(-c2ccc(Cl)cc2)cn(CC(=O)c2ccc(Cl)cc2)c1=N. The van der Waals surface area contributed by atoms with Gasteiger partial charge in [-0.25, -0.2) is 0 Å². The van der Waals surface area contributed by atoms with Crippen molar-refractivity contribution < 1.29 is 4.79 Å². The van der Waals surface area contributed by atoms with Crippen molar-refractivity contribution in [1.82, 2.24) is 9.13 Å². The van der Waals surface area contributed by atoms with Crippen LogP contribution in [0, 0.1) is 5.41 Å². The van der Waals surface area contributed by atoms with Crippen LogP contribution in [0.3, 0.4) is 0 Å². The van der Waals surface area contributed by atoms with Crippen molar-refractivity contribution in [2.24, 2.45) is 7.05 Å². The first-order valence-corrected chi connectivity index (χ1v) is 8.07. The quantitative estimate of drug-likeness (QED) is 0.698. The molecule has 0 unspecified atom stereocenters. The van der Waals surface area contributed by atoms with Crippen molar-refractivity contribution in [1.29, 1.82) is 5.41 Å². The Hall–Kier alpha value is -2.30. The van der Waals surface area contributed by atoms with Crippen LogP contribution in [0.4, 0.5) is 0 Å². The van der Waals surface area contributed by atoms with Gasteiger partial charge in [-0.05, 0) is 42.0 Å². The van der Waals surface area contributed by atoms with Gasteiger partial charge in [0.15, 0.2) is 5.78 Å². The van der Waals surface area contributed by atoms with Crippen LogP contribution in [0.15, 0.2) is 54.7 Å². The van der Waals surface area contributed by atoms with E-state index in [0.717, 1.165) is 11.3 Å². The van der Waals surface area contributed by atoms with Gasteiger partial charge in [-0.2, -0.15) is 0 Å². The molecule has 0 aliphatic rings. The number of imidazole rings is 1. The number of nitrogens with zero attached hydrogens (tertiary/aromatic N) is 2. The predicted molar refractivity (Wildman–Crippen MR) is 95.5 cm³/mol. The minimum Gasteiger partial charge on any atom is -0.314 e. The first kappa shape index (κ1) is 16.6. The van der Waals surface area contributed by atoms with Gasteiger partial charge in [0.25, 0.3) is 0 Å². The molecule has 24 heavy (non-hydrogen) atoms. The first-order valence-electron chi connectivity index (χ1n) is 7.31. The lowest BCUT2D eigenvalue weighted by atomic mass is 10.1. The molecule has 0 saturated heterocycles. The van der Waals surface area contributed by atoms with E-state index in [9.17, 15) is 4.79 Å². The van der Waals surface area contributed by atoms with Gasteiger partial charge in [0.1, 0.15) is 0 Å². The van der Waals surface area contributed by atoms with Crippen molar-refractivity contribution in [3.8, 4) is 11.3 Å². The lowest BCUT2D eigenvalue weighted by molar-refractivity contribution is 0.0970. The number of Topliss-reactive ketones (excluding diaryl/α,β-unsaturated/α-hetero) is 1. The summed E-state index contributed by atoms with van der Waals surface area (Å²) in [5.41, 5.74) is 2.61. The molecule has 0 saturated carbocycles. The number of ketones is 1. The maximum absolute atomic E-state index is 12.4. The zero-order valence-electron chi connectivity index (χ0n) is 13.0. The minimum atomic E-state index is -0.0709. The number of rotatable bonds is 4. The summed E-state index contributed by atoms with van der Waals surface area (Å²) < 4.78 is 3.36. The van der Waals surface area contributed by atoms with E-state index >= 15 is 0 Å². The minimum absolute atomic E-state index is 0.0709. The molecule has 4 nitrogen and oxygen atoms in total. The average molecular weight is 360 g/mol. The zero-order chi connectivity index (χ0) is 17.3. The van der Waals surface area contributed by atoms with E-state index < -0.39 is 0 Å². The van der Waals surface area contributed by atoms with Crippen molar-refractivity contribution in [2.75, 3.05) is 0 Å². The second kappa shape index (κ2) is 6.67. The lowest BCUT2D eigenvalue weighted by Crippen LogP contribution is -2.25. The van der Waals surface area contributed by atoms with Crippen LogP contribution in [-0.2, 0) is 13.6 Å². The van der Waals surface area contributed by atoms with Crippen LogP contribution in [0.1, 0.15) is 10.4 Å². The molecule has 1 N–H and O–H groups in total. The number of hydrogen-bond acceptors (Lipinski definition) is 2. The number of carbonyl (C=O) groups is 1. The largest absolute Gasteiger partial charge is 0.314 e. The first-order chi connectivity index (χ1) is 11.5. The van der Waals surface area contributed by atoms with Gasteiger partial charge >= 0.3 is 0 Å². The Morgan fingerprint density at radius 1 is 1.00 bits per heavy atom. The summed E-state index contributed by atoms with van der Waals surface area (Å²) in [5.74, 6) is -0.0709. The van der Waals surface area contributed by atoms with Gasteiger partial charge in [0, 0.05) is 28.9 Å². The molecule has 0 spiro atoms. The van der Waals surface area contributed by atoms with Crippen molar-refractivity contribution >= 4 is 29.0 Å². The van der Waals surface area contributed by atoms with Crippen LogP contribution in [0.25, 0.3) is 11.3 Å². The van der Waals surface area contributed by atoms with Crippen LogP contribution >= 0.6 is 23.2 Å². The van der Waals surface area contributed by atoms with Crippen LogP contribution in [-0.4, -0.2) is 14.9 Å². The Kier molecular flexibility index (Phi) is 4.60.